The monoisotopic (exact) mass is 524 g/mol. The zero-order chi connectivity index (χ0) is 27.8. The first kappa shape index (κ1) is 27.6. The van der Waals surface area contributed by atoms with Crippen LogP contribution in [0.25, 0.3) is 10.9 Å². The quantitative estimate of drug-likeness (QED) is 0.204. The Morgan fingerprint density at radius 3 is 2.36 bits per heavy atom. The van der Waals surface area contributed by atoms with Crippen molar-refractivity contribution in [3.8, 4) is 5.75 Å². The lowest BCUT2D eigenvalue weighted by Gasteiger charge is -2.19. The fourth-order valence-corrected chi connectivity index (χ4v) is 4.64. The van der Waals surface area contributed by atoms with Gasteiger partial charge in [0.05, 0.1) is 6.21 Å². The summed E-state index contributed by atoms with van der Waals surface area (Å²) in [6.45, 7) is 8.44. The van der Waals surface area contributed by atoms with Crippen LogP contribution in [0, 0.1) is 19.8 Å². The number of hydrogen-bond donors (Lipinski definition) is 2. The fraction of sp³-hybridized carbons (Fsp3) is 0.281. The number of nitrogens with zero attached hydrogens (tertiary/aromatic N) is 2. The number of aromatic nitrogens is 1. The van der Waals surface area contributed by atoms with Gasteiger partial charge in [0.1, 0.15) is 11.8 Å². The molecule has 2 amide bonds. The number of ether oxygens (including phenoxy) is 1. The molecule has 0 bridgehead atoms. The van der Waals surface area contributed by atoms with Gasteiger partial charge >= 0.3 is 0 Å². The van der Waals surface area contributed by atoms with E-state index in [1.54, 1.807) is 6.21 Å². The third-order valence-electron chi connectivity index (χ3n) is 6.51. The second-order valence-electron chi connectivity index (χ2n) is 10.2. The summed E-state index contributed by atoms with van der Waals surface area (Å²) in [6.07, 6.45) is 4.17. The van der Waals surface area contributed by atoms with Crippen LogP contribution in [0.4, 0.5) is 0 Å². The van der Waals surface area contributed by atoms with Crippen LogP contribution in [0.15, 0.2) is 84.1 Å². The molecule has 7 nitrogen and oxygen atoms in total. The number of hydrazone groups is 1. The Kier molecular flexibility index (Phi) is 9.15. The summed E-state index contributed by atoms with van der Waals surface area (Å²) in [5.74, 6) is 0.161. The number of rotatable bonds is 11. The topological polar surface area (TPSA) is 84.7 Å². The van der Waals surface area contributed by atoms with Crippen LogP contribution in [0.3, 0.4) is 0 Å². The molecular formula is C32H36N4O3. The molecule has 202 valence electrons. The summed E-state index contributed by atoms with van der Waals surface area (Å²) in [4.78, 5) is 25.7. The minimum absolute atomic E-state index is 0.169. The van der Waals surface area contributed by atoms with E-state index in [-0.39, 0.29) is 24.3 Å². The molecule has 0 saturated heterocycles. The van der Waals surface area contributed by atoms with Gasteiger partial charge in [-0.3, -0.25) is 9.59 Å². The Hall–Kier alpha value is -4.39. The van der Waals surface area contributed by atoms with Crippen molar-refractivity contribution in [2.45, 2.75) is 46.7 Å². The van der Waals surface area contributed by atoms with E-state index in [0.29, 0.717) is 12.2 Å². The number of para-hydroxylation sites is 2. The highest BCUT2D eigenvalue weighted by Gasteiger charge is 2.22. The highest BCUT2D eigenvalue weighted by molar-refractivity contribution is 6.00. The molecule has 0 fully saturated rings. The molecule has 39 heavy (non-hydrogen) atoms. The molecule has 1 aromatic heterocycles. The lowest BCUT2D eigenvalue weighted by atomic mass is 10.0. The number of carbonyl (C=O) groups excluding carboxylic acids is 2. The molecule has 0 saturated carbocycles. The average Bonchev–Trinajstić information content (AvgIpc) is 3.25. The summed E-state index contributed by atoms with van der Waals surface area (Å²) in [5.41, 5.74) is 7.72. The van der Waals surface area contributed by atoms with Crippen molar-refractivity contribution in [3.63, 3.8) is 0 Å². The number of hydrogen-bond acceptors (Lipinski definition) is 4. The third kappa shape index (κ3) is 7.35. The molecule has 2 N–H and O–H groups in total. The Morgan fingerprint density at radius 2 is 1.64 bits per heavy atom. The van der Waals surface area contributed by atoms with Crippen LogP contribution in [0.1, 0.15) is 42.5 Å². The molecule has 0 aliphatic rings. The zero-order valence-corrected chi connectivity index (χ0v) is 23.0. The molecule has 0 aliphatic heterocycles. The molecule has 1 atom stereocenters. The van der Waals surface area contributed by atoms with Crippen molar-refractivity contribution in [3.05, 3.63) is 101 Å². The van der Waals surface area contributed by atoms with Crippen molar-refractivity contribution in [1.82, 2.24) is 15.3 Å². The lowest BCUT2D eigenvalue weighted by Crippen LogP contribution is -2.47. The molecule has 0 spiro atoms. The van der Waals surface area contributed by atoms with Gasteiger partial charge < -0.3 is 14.6 Å². The maximum atomic E-state index is 13.0. The van der Waals surface area contributed by atoms with Gasteiger partial charge in [-0.1, -0.05) is 80.6 Å². The molecule has 1 heterocycles. The van der Waals surface area contributed by atoms with Crippen LogP contribution >= 0.6 is 0 Å². The number of amides is 2. The third-order valence-corrected chi connectivity index (χ3v) is 6.51. The standard InChI is InChI=1S/C32H36N4O3/c1-22(2)17-28(34-30(37)21-39-31-23(3)11-10-12-24(31)4)32(38)35-33-18-26-20-36(19-25-13-6-5-7-14-25)29-16-9-8-15-27(26)29/h5-16,18,20,22,28H,17,19,21H2,1-4H3,(H,34,37)(H,35,38)/b33-18-/t28-/m0/s1. The summed E-state index contributed by atoms with van der Waals surface area (Å²) in [6, 6.07) is 23.5. The molecule has 4 rings (SSSR count). The number of carbonyl (C=O) groups is 2. The van der Waals surface area contributed by atoms with Gasteiger partial charge in [0.2, 0.25) is 0 Å². The predicted octanol–water partition coefficient (Wildman–Crippen LogP) is 5.37. The van der Waals surface area contributed by atoms with E-state index >= 15 is 0 Å². The molecule has 3 aromatic carbocycles. The largest absolute Gasteiger partial charge is 0.483 e. The van der Waals surface area contributed by atoms with Gasteiger partial charge in [-0.25, -0.2) is 5.43 Å². The SMILES string of the molecule is Cc1cccc(C)c1OCC(=O)N[C@@H](CC(C)C)C(=O)N/N=C\c1cn(Cc2ccccc2)c2ccccc12. The second kappa shape index (κ2) is 12.9. The average molecular weight is 525 g/mol. The lowest BCUT2D eigenvalue weighted by molar-refractivity contribution is -0.130. The van der Waals surface area contributed by atoms with Crippen LogP contribution in [0.2, 0.25) is 0 Å². The number of benzene rings is 3. The summed E-state index contributed by atoms with van der Waals surface area (Å²) < 4.78 is 7.94. The van der Waals surface area contributed by atoms with E-state index in [4.69, 9.17) is 4.74 Å². The second-order valence-corrected chi connectivity index (χ2v) is 10.2. The first-order valence-corrected chi connectivity index (χ1v) is 13.2. The van der Waals surface area contributed by atoms with Gasteiger partial charge in [0.15, 0.2) is 6.61 Å². The maximum Gasteiger partial charge on any atom is 0.262 e. The minimum Gasteiger partial charge on any atom is -0.483 e. The minimum atomic E-state index is -0.726. The first-order chi connectivity index (χ1) is 18.8. The van der Waals surface area contributed by atoms with Gasteiger partial charge in [-0.05, 0) is 48.9 Å². The molecular weight excluding hydrogens is 488 g/mol. The normalized spacial score (nSPS) is 12.1. The Bertz CT molecular complexity index is 1440. The van der Waals surface area contributed by atoms with E-state index < -0.39 is 6.04 Å². The Morgan fingerprint density at radius 1 is 0.949 bits per heavy atom. The van der Waals surface area contributed by atoms with Gasteiger partial charge in [0.25, 0.3) is 11.8 Å². The fourth-order valence-electron chi connectivity index (χ4n) is 4.64. The first-order valence-electron chi connectivity index (χ1n) is 13.2. The van der Waals surface area contributed by atoms with Crippen LogP contribution < -0.4 is 15.5 Å². The van der Waals surface area contributed by atoms with Crippen molar-refractivity contribution in [2.75, 3.05) is 6.61 Å². The van der Waals surface area contributed by atoms with E-state index in [1.807, 2.05) is 88.5 Å². The van der Waals surface area contributed by atoms with Crippen molar-refractivity contribution < 1.29 is 14.3 Å². The molecule has 0 radical (unpaired) electrons. The Labute approximate surface area is 229 Å². The summed E-state index contributed by atoms with van der Waals surface area (Å²) >= 11 is 0. The Balaban J connectivity index is 1.41. The number of aryl methyl sites for hydroxylation is 2. The number of nitrogens with one attached hydrogen (secondary N) is 2. The zero-order valence-electron chi connectivity index (χ0n) is 23.0. The predicted molar refractivity (Wildman–Crippen MR) is 156 cm³/mol. The summed E-state index contributed by atoms with van der Waals surface area (Å²) in [5, 5.41) is 8.10. The van der Waals surface area contributed by atoms with E-state index in [2.05, 4.69) is 38.6 Å². The molecule has 0 aliphatic carbocycles. The molecule has 4 aromatic rings. The van der Waals surface area contributed by atoms with Crippen molar-refractivity contribution >= 4 is 28.9 Å². The van der Waals surface area contributed by atoms with Gasteiger partial charge in [-0.2, -0.15) is 5.10 Å². The molecule has 0 unspecified atom stereocenters. The highest BCUT2D eigenvalue weighted by atomic mass is 16.5. The van der Waals surface area contributed by atoms with Gasteiger partial charge in [0, 0.05) is 29.2 Å². The maximum absolute atomic E-state index is 13.0. The smallest absolute Gasteiger partial charge is 0.262 e. The van der Waals surface area contributed by atoms with Crippen LogP contribution in [-0.4, -0.2) is 35.2 Å². The van der Waals surface area contributed by atoms with Crippen LogP contribution in [-0.2, 0) is 16.1 Å². The molecule has 7 heteroatoms. The van der Waals surface area contributed by atoms with Crippen LogP contribution in [0.5, 0.6) is 5.75 Å². The van der Waals surface area contributed by atoms with E-state index in [9.17, 15) is 9.59 Å². The number of fused-ring (bicyclic) bond motifs is 1. The summed E-state index contributed by atoms with van der Waals surface area (Å²) in [7, 11) is 0. The van der Waals surface area contributed by atoms with Crippen molar-refractivity contribution in [1.29, 1.82) is 0 Å². The van der Waals surface area contributed by atoms with Crippen molar-refractivity contribution in [2.24, 2.45) is 11.0 Å². The highest BCUT2D eigenvalue weighted by Crippen LogP contribution is 2.23. The van der Waals surface area contributed by atoms with Gasteiger partial charge in [-0.15, -0.1) is 0 Å². The van der Waals surface area contributed by atoms with E-state index in [0.717, 1.165) is 34.1 Å². The van der Waals surface area contributed by atoms with E-state index in [1.165, 1.54) is 5.56 Å².